The molecule has 1 heterocycles. The topological polar surface area (TPSA) is 58.6 Å². The molecule has 0 aromatic heterocycles. The number of carbonyl (C=O) groups excluding carboxylic acids is 2. The maximum atomic E-state index is 13.0. The van der Waals surface area contributed by atoms with E-state index in [-0.39, 0.29) is 18.4 Å². The number of ether oxygens (including phenoxy) is 1. The maximum absolute atomic E-state index is 13.0. The zero-order valence-corrected chi connectivity index (χ0v) is 21.0. The number of nitrogens with one attached hydrogen (secondary N) is 1. The molecule has 3 aromatic carbocycles. The highest BCUT2D eigenvalue weighted by atomic mass is 35.5. The minimum atomic E-state index is -0.301. The van der Waals surface area contributed by atoms with Crippen molar-refractivity contribution >= 4 is 80.8 Å². The lowest BCUT2D eigenvalue weighted by atomic mass is 10.2. The Balaban J connectivity index is 1.43. The van der Waals surface area contributed by atoms with Gasteiger partial charge in [-0.2, -0.15) is 0 Å². The van der Waals surface area contributed by atoms with Crippen LogP contribution in [0.2, 0.25) is 10.0 Å². The smallest absolute Gasteiger partial charge is 0.270 e. The first-order valence-electron chi connectivity index (χ1n) is 10.1. The molecule has 2 amide bonds. The number of thioether (sulfide) groups is 1. The summed E-state index contributed by atoms with van der Waals surface area (Å²) in [7, 11) is 0. The third-order valence-electron chi connectivity index (χ3n) is 4.86. The summed E-state index contributed by atoms with van der Waals surface area (Å²) in [6.07, 6.45) is 1.75. The number of hydrogen-bond donors (Lipinski definition) is 1. The summed E-state index contributed by atoms with van der Waals surface area (Å²) in [4.78, 5) is 27.2. The lowest BCUT2D eigenvalue weighted by Crippen LogP contribution is -2.27. The number of aryl methyl sites for hydroxylation is 1. The number of benzene rings is 3. The van der Waals surface area contributed by atoms with Gasteiger partial charge in [-0.15, -0.1) is 0 Å². The number of anilines is 2. The highest BCUT2D eigenvalue weighted by molar-refractivity contribution is 8.27. The van der Waals surface area contributed by atoms with Gasteiger partial charge in [0.2, 0.25) is 0 Å². The van der Waals surface area contributed by atoms with Crippen LogP contribution in [0, 0.1) is 6.92 Å². The van der Waals surface area contributed by atoms with Crippen molar-refractivity contribution in [3.05, 3.63) is 92.8 Å². The Kier molecular flexibility index (Phi) is 7.58. The van der Waals surface area contributed by atoms with Gasteiger partial charge in [-0.1, -0.05) is 65.4 Å². The van der Waals surface area contributed by atoms with Crippen LogP contribution in [0.15, 0.2) is 71.6 Å². The number of rotatable bonds is 6. The Labute approximate surface area is 216 Å². The summed E-state index contributed by atoms with van der Waals surface area (Å²) in [6.45, 7) is 1.73. The quantitative estimate of drug-likeness (QED) is 0.284. The van der Waals surface area contributed by atoms with Gasteiger partial charge in [0.25, 0.3) is 11.8 Å². The zero-order valence-electron chi connectivity index (χ0n) is 17.9. The van der Waals surface area contributed by atoms with E-state index in [1.807, 2.05) is 25.1 Å². The molecule has 1 N–H and O–H groups in total. The molecule has 0 spiro atoms. The van der Waals surface area contributed by atoms with E-state index in [1.54, 1.807) is 54.6 Å². The maximum Gasteiger partial charge on any atom is 0.270 e. The average Bonchev–Trinajstić information content (AvgIpc) is 3.09. The van der Waals surface area contributed by atoms with Gasteiger partial charge in [-0.25, -0.2) is 0 Å². The summed E-state index contributed by atoms with van der Waals surface area (Å²) < 4.78 is 6.05. The van der Waals surface area contributed by atoms with Crippen LogP contribution in [0.3, 0.4) is 0 Å². The molecule has 1 aliphatic rings. The predicted molar refractivity (Wildman–Crippen MR) is 144 cm³/mol. The minimum Gasteiger partial charge on any atom is -0.484 e. The molecular weight excluding hydrogens is 511 g/mol. The van der Waals surface area contributed by atoms with Crippen molar-refractivity contribution in [2.75, 3.05) is 16.8 Å². The highest BCUT2D eigenvalue weighted by Gasteiger charge is 2.33. The molecule has 0 radical (unpaired) electrons. The van der Waals surface area contributed by atoms with Gasteiger partial charge in [0.1, 0.15) is 5.75 Å². The van der Waals surface area contributed by atoms with Crippen LogP contribution in [-0.4, -0.2) is 22.7 Å². The average molecular weight is 529 g/mol. The molecule has 0 atom stereocenters. The van der Waals surface area contributed by atoms with Gasteiger partial charge in [-0.3, -0.25) is 14.5 Å². The summed E-state index contributed by atoms with van der Waals surface area (Å²) in [5.41, 5.74) is 2.93. The van der Waals surface area contributed by atoms with Gasteiger partial charge in [0, 0.05) is 15.7 Å². The van der Waals surface area contributed by atoms with E-state index >= 15 is 0 Å². The fraction of sp³-hybridized carbons (Fsp3) is 0.0800. The largest absolute Gasteiger partial charge is 0.484 e. The minimum absolute atomic E-state index is 0.164. The molecule has 0 unspecified atom stereocenters. The number of carbonyl (C=O) groups is 2. The van der Waals surface area contributed by atoms with Crippen LogP contribution >= 0.6 is 47.2 Å². The lowest BCUT2D eigenvalue weighted by molar-refractivity contribution is -0.118. The third-order valence-corrected chi connectivity index (χ3v) is 6.82. The fourth-order valence-electron chi connectivity index (χ4n) is 3.14. The number of thiocarbonyl (C=S) groups is 1. The Morgan fingerprint density at radius 1 is 1.12 bits per heavy atom. The SMILES string of the molecule is Cc1ccc(N2C(=O)/C(=C/c3cccc(OCC(=O)Nc4ccc(Cl)cc4)c3)SC2=S)cc1Cl. The molecule has 34 heavy (non-hydrogen) atoms. The van der Waals surface area contributed by atoms with Crippen LogP contribution < -0.4 is 15.0 Å². The molecule has 3 aromatic rings. The first-order chi connectivity index (χ1) is 16.3. The van der Waals surface area contributed by atoms with Gasteiger partial charge in [0.15, 0.2) is 10.9 Å². The normalized spacial score (nSPS) is 14.6. The molecule has 0 aliphatic carbocycles. The second-order valence-corrected chi connectivity index (χ2v) is 9.89. The van der Waals surface area contributed by atoms with Crippen molar-refractivity contribution in [2.45, 2.75) is 6.92 Å². The second-order valence-electron chi connectivity index (χ2n) is 7.37. The number of hydrogen-bond acceptors (Lipinski definition) is 5. The van der Waals surface area contributed by atoms with Crippen molar-refractivity contribution in [3.63, 3.8) is 0 Å². The Morgan fingerprint density at radius 2 is 1.88 bits per heavy atom. The van der Waals surface area contributed by atoms with E-state index in [0.29, 0.717) is 36.4 Å². The van der Waals surface area contributed by atoms with Gasteiger partial charge < -0.3 is 10.1 Å². The molecule has 9 heteroatoms. The van der Waals surface area contributed by atoms with Gasteiger partial charge >= 0.3 is 0 Å². The van der Waals surface area contributed by atoms with E-state index in [9.17, 15) is 9.59 Å². The van der Waals surface area contributed by atoms with Crippen LogP contribution in [0.1, 0.15) is 11.1 Å². The van der Waals surface area contributed by atoms with Crippen molar-refractivity contribution in [1.29, 1.82) is 0 Å². The molecule has 4 rings (SSSR count). The van der Waals surface area contributed by atoms with Crippen molar-refractivity contribution < 1.29 is 14.3 Å². The van der Waals surface area contributed by atoms with Crippen LogP contribution in [0.4, 0.5) is 11.4 Å². The van der Waals surface area contributed by atoms with E-state index in [4.69, 9.17) is 40.2 Å². The Hall–Kier alpha value is -2.84. The van der Waals surface area contributed by atoms with E-state index in [0.717, 1.165) is 11.1 Å². The first kappa shape index (κ1) is 24.3. The summed E-state index contributed by atoms with van der Waals surface area (Å²) >= 11 is 18.7. The molecule has 1 aliphatic heterocycles. The molecule has 172 valence electrons. The van der Waals surface area contributed by atoms with Crippen molar-refractivity contribution in [3.8, 4) is 5.75 Å². The highest BCUT2D eigenvalue weighted by Crippen LogP contribution is 2.37. The van der Waals surface area contributed by atoms with Gasteiger partial charge in [0.05, 0.1) is 10.6 Å². The van der Waals surface area contributed by atoms with E-state index in [2.05, 4.69) is 5.32 Å². The van der Waals surface area contributed by atoms with Crippen molar-refractivity contribution in [2.24, 2.45) is 0 Å². The monoisotopic (exact) mass is 528 g/mol. The number of amides is 2. The molecule has 0 bridgehead atoms. The Bertz CT molecular complexity index is 1310. The Morgan fingerprint density at radius 3 is 2.62 bits per heavy atom. The second kappa shape index (κ2) is 10.6. The summed E-state index contributed by atoms with van der Waals surface area (Å²) in [6, 6.07) is 19.3. The van der Waals surface area contributed by atoms with E-state index < -0.39 is 0 Å². The third kappa shape index (κ3) is 5.80. The zero-order chi connectivity index (χ0) is 24.2. The van der Waals surface area contributed by atoms with E-state index in [1.165, 1.54) is 16.7 Å². The fourth-order valence-corrected chi connectivity index (χ4v) is 4.74. The van der Waals surface area contributed by atoms with Crippen LogP contribution in [-0.2, 0) is 9.59 Å². The number of halogens is 2. The van der Waals surface area contributed by atoms with Gasteiger partial charge in [-0.05, 0) is 72.7 Å². The lowest BCUT2D eigenvalue weighted by Gasteiger charge is -2.15. The van der Waals surface area contributed by atoms with Crippen molar-refractivity contribution in [1.82, 2.24) is 0 Å². The summed E-state index contributed by atoms with van der Waals surface area (Å²) in [5.74, 6) is -0.0188. The molecule has 1 saturated heterocycles. The summed E-state index contributed by atoms with van der Waals surface area (Å²) in [5, 5.41) is 3.90. The molecule has 0 saturated carbocycles. The number of nitrogens with zero attached hydrogens (tertiary/aromatic N) is 1. The van der Waals surface area contributed by atoms with Crippen LogP contribution in [0.5, 0.6) is 5.75 Å². The van der Waals surface area contributed by atoms with Crippen LogP contribution in [0.25, 0.3) is 6.08 Å². The predicted octanol–water partition coefficient (Wildman–Crippen LogP) is 6.73. The molecule has 1 fully saturated rings. The first-order valence-corrected chi connectivity index (χ1v) is 12.1. The molecule has 5 nitrogen and oxygen atoms in total. The molecular formula is C25H18Cl2N2O3S2. The standard InChI is InChI=1S/C25H18Cl2N2O3S2/c1-15-5-10-19(13-21(15)27)29-24(31)22(34-25(29)33)12-16-3-2-4-20(11-16)32-14-23(30)28-18-8-6-17(26)7-9-18/h2-13H,14H2,1H3,(H,28,30)/b22-12-.